The van der Waals surface area contributed by atoms with Crippen LogP contribution in [0, 0.1) is 6.92 Å². The summed E-state index contributed by atoms with van der Waals surface area (Å²) in [6.45, 7) is 5.63. The SMILES string of the molecule is Cc1ccc(SCCN2CCc3ccccc3C2)cc1. The van der Waals surface area contributed by atoms with Crippen molar-refractivity contribution in [2.24, 2.45) is 0 Å². The van der Waals surface area contributed by atoms with E-state index in [0.29, 0.717) is 0 Å². The third-order valence-electron chi connectivity index (χ3n) is 3.91. The molecule has 1 aliphatic heterocycles. The standard InChI is InChI=1S/C18H21NS/c1-15-6-8-18(9-7-15)20-13-12-19-11-10-16-4-2-3-5-17(16)14-19/h2-9H,10-14H2,1H3. The fourth-order valence-corrected chi connectivity index (χ4v) is 3.59. The highest BCUT2D eigenvalue weighted by Gasteiger charge is 2.14. The minimum atomic E-state index is 1.12. The lowest BCUT2D eigenvalue weighted by atomic mass is 10.0. The van der Waals surface area contributed by atoms with Crippen LogP contribution < -0.4 is 0 Å². The van der Waals surface area contributed by atoms with E-state index in [4.69, 9.17) is 0 Å². The van der Waals surface area contributed by atoms with Crippen LogP contribution in [0.4, 0.5) is 0 Å². The number of hydrogen-bond donors (Lipinski definition) is 0. The molecule has 0 aromatic heterocycles. The highest BCUT2D eigenvalue weighted by atomic mass is 32.2. The Kier molecular flexibility index (Phi) is 4.44. The van der Waals surface area contributed by atoms with E-state index in [2.05, 4.69) is 60.4 Å². The van der Waals surface area contributed by atoms with E-state index in [1.807, 2.05) is 11.8 Å². The summed E-state index contributed by atoms with van der Waals surface area (Å²) in [7, 11) is 0. The molecular formula is C18H21NS. The summed E-state index contributed by atoms with van der Waals surface area (Å²) in [5.41, 5.74) is 4.39. The lowest BCUT2D eigenvalue weighted by molar-refractivity contribution is 0.270. The van der Waals surface area contributed by atoms with Gasteiger partial charge < -0.3 is 0 Å². The first-order valence-electron chi connectivity index (χ1n) is 7.30. The Bertz CT molecular complexity index is 562. The molecule has 0 atom stereocenters. The fourth-order valence-electron chi connectivity index (χ4n) is 2.67. The van der Waals surface area contributed by atoms with Gasteiger partial charge in [-0.1, -0.05) is 42.0 Å². The van der Waals surface area contributed by atoms with Gasteiger partial charge >= 0.3 is 0 Å². The van der Waals surface area contributed by atoms with Gasteiger partial charge in [-0.2, -0.15) is 0 Å². The molecule has 20 heavy (non-hydrogen) atoms. The van der Waals surface area contributed by atoms with E-state index in [1.54, 1.807) is 0 Å². The second kappa shape index (κ2) is 6.47. The number of aryl methyl sites for hydroxylation is 1. The van der Waals surface area contributed by atoms with Crippen molar-refractivity contribution in [3.8, 4) is 0 Å². The van der Waals surface area contributed by atoms with Crippen LogP contribution in [0.15, 0.2) is 53.4 Å². The Morgan fingerprint density at radius 3 is 2.55 bits per heavy atom. The van der Waals surface area contributed by atoms with Gasteiger partial charge in [0.2, 0.25) is 0 Å². The fraction of sp³-hybridized carbons (Fsp3) is 0.333. The Morgan fingerprint density at radius 2 is 1.75 bits per heavy atom. The van der Waals surface area contributed by atoms with Crippen molar-refractivity contribution in [2.75, 3.05) is 18.8 Å². The molecule has 2 aromatic rings. The van der Waals surface area contributed by atoms with E-state index in [0.717, 1.165) is 6.54 Å². The van der Waals surface area contributed by atoms with Crippen molar-refractivity contribution in [3.63, 3.8) is 0 Å². The lowest BCUT2D eigenvalue weighted by Gasteiger charge is -2.28. The highest BCUT2D eigenvalue weighted by molar-refractivity contribution is 7.99. The van der Waals surface area contributed by atoms with E-state index < -0.39 is 0 Å². The first-order valence-corrected chi connectivity index (χ1v) is 8.28. The molecule has 2 heteroatoms. The van der Waals surface area contributed by atoms with Crippen LogP contribution in [-0.2, 0) is 13.0 Å². The van der Waals surface area contributed by atoms with Gasteiger partial charge in [0.15, 0.2) is 0 Å². The average molecular weight is 283 g/mol. The summed E-state index contributed by atoms with van der Waals surface area (Å²) < 4.78 is 0. The molecule has 3 rings (SSSR count). The summed E-state index contributed by atoms with van der Waals surface area (Å²) in [6, 6.07) is 17.7. The number of rotatable bonds is 4. The minimum absolute atomic E-state index is 1.12. The molecule has 0 aliphatic carbocycles. The van der Waals surface area contributed by atoms with Gasteiger partial charge in [0, 0.05) is 30.3 Å². The van der Waals surface area contributed by atoms with Crippen molar-refractivity contribution in [1.29, 1.82) is 0 Å². The summed E-state index contributed by atoms with van der Waals surface area (Å²) >= 11 is 1.96. The first-order chi connectivity index (χ1) is 9.81. The minimum Gasteiger partial charge on any atom is -0.298 e. The molecule has 0 radical (unpaired) electrons. The Morgan fingerprint density at radius 1 is 1.00 bits per heavy atom. The Hall–Kier alpha value is -1.25. The number of thioether (sulfide) groups is 1. The zero-order valence-corrected chi connectivity index (χ0v) is 12.8. The summed E-state index contributed by atoms with van der Waals surface area (Å²) in [5.74, 6) is 1.17. The van der Waals surface area contributed by atoms with E-state index in [1.165, 1.54) is 46.8 Å². The summed E-state index contributed by atoms with van der Waals surface area (Å²) in [5, 5.41) is 0. The number of fused-ring (bicyclic) bond motifs is 1. The van der Waals surface area contributed by atoms with E-state index in [9.17, 15) is 0 Å². The van der Waals surface area contributed by atoms with Crippen molar-refractivity contribution >= 4 is 11.8 Å². The van der Waals surface area contributed by atoms with Crippen molar-refractivity contribution < 1.29 is 0 Å². The number of benzene rings is 2. The van der Waals surface area contributed by atoms with E-state index in [-0.39, 0.29) is 0 Å². The molecule has 0 saturated heterocycles. The molecule has 0 amide bonds. The van der Waals surface area contributed by atoms with Crippen LogP contribution in [0.25, 0.3) is 0 Å². The molecular weight excluding hydrogens is 262 g/mol. The molecule has 2 aromatic carbocycles. The van der Waals surface area contributed by atoms with Gasteiger partial charge in [-0.25, -0.2) is 0 Å². The van der Waals surface area contributed by atoms with Crippen LogP contribution in [0.2, 0.25) is 0 Å². The molecule has 0 fully saturated rings. The number of nitrogens with zero attached hydrogens (tertiary/aromatic N) is 1. The highest BCUT2D eigenvalue weighted by Crippen LogP contribution is 2.21. The molecule has 1 heterocycles. The molecule has 0 bridgehead atoms. The van der Waals surface area contributed by atoms with Crippen LogP contribution in [-0.4, -0.2) is 23.7 Å². The zero-order valence-electron chi connectivity index (χ0n) is 12.0. The van der Waals surface area contributed by atoms with Gasteiger partial charge in [-0.05, 0) is 36.6 Å². The third-order valence-corrected chi connectivity index (χ3v) is 4.90. The molecule has 0 spiro atoms. The van der Waals surface area contributed by atoms with Crippen LogP contribution in [0.1, 0.15) is 16.7 Å². The molecule has 1 nitrogen and oxygen atoms in total. The monoisotopic (exact) mass is 283 g/mol. The van der Waals surface area contributed by atoms with Crippen molar-refractivity contribution in [1.82, 2.24) is 4.90 Å². The normalized spacial score (nSPS) is 15.1. The maximum Gasteiger partial charge on any atom is 0.0236 e. The quantitative estimate of drug-likeness (QED) is 0.776. The van der Waals surface area contributed by atoms with Gasteiger partial charge in [-0.3, -0.25) is 4.90 Å². The second-order valence-corrected chi connectivity index (χ2v) is 6.62. The molecule has 0 saturated carbocycles. The largest absolute Gasteiger partial charge is 0.298 e. The molecule has 0 N–H and O–H groups in total. The van der Waals surface area contributed by atoms with E-state index >= 15 is 0 Å². The Labute approximate surface area is 126 Å². The third kappa shape index (κ3) is 3.44. The average Bonchev–Trinajstić information content (AvgIpc) is 2.49. The smallest absolute Gasteiger partial charge is 0.0236 e. The molecule has 104 valence electrons. The van der Waals surface area contributed by atoms with Crippen molar-refractivity contribution in [3.05, 3.63) is 65.2 Å². The van der Waals surface area contributed by atoms with Crippen LogP contribution in [0.3, 0.4) is 0 Å². The first kappa shape index (κ1) is 13.7. The predicted octanol–water partition coefficient (Wildman–Crippen LogP) is 4.15. The van der Waals surface area contributed by atoms with Gasteiger partial charge in [0.05, 0.1) is 0 Å². The second-order valence-electron chi connectivity index (χ2n) is 5.46. The molecule has 1 aliphatic rings. The maximum absolute atomic E-state index is 2.57. The van der Waals surface area contributed by atoms with Gasteiger partial charge in [-0.15, -0.1) is 11.8 Å². The molecule has 0 unspecified atom stereocenters. The summed E-state index contributed by atoms with van der Waals surface area (Å²) in [4.78, 5) is 3.96. The lowest BCUT2D eigenvalue weighted by Crippen LogP contribution is -2.32. The van der Waals surface area contributed by atoms with Gasteiger partial charge in [0.25, 0.3) is 0 Å². The van der Waals surface area contributed by atoms with Crippen LogP contribution >= 0.6 is 11.8 Å². The maximum atomic E-state index is 2.57. The summed E-state index contributed by atoms with van der Waals surface area (Å²) in [6.07, 6.45) is 1.20. The topological polar surface area (TPSA) is 3.24 Å². The predicted molar refractivity (Wildman–Crippen MR) is 87.3 cm³/mol. The Balaban J connectivity index is 1.49. The number of hydrogen-bond acceptors (Lipinski definition) is 2. The zero-order chi connectivity index (χ0) is 13.8. The van der Waals surface area contributed by atoms with Crippen molar-refractivity contribution in [2.45, 2.75) is 24.8 Å². The van der Waals surface area contributed by atoms with Gasteiger partial charge in [0.1, 0.15) is 0 Å². The van der Waals surface area contributed by atoms with Crippen LogP contribution in [0.5, 0.6) is 0 Å².